The summed E-state index contributed by atoms with van der Waals surface area (Å²) < 4.78 is 20.8. The molecule has 2 atom stereocenters. The summed E-state index contributed by atoms with van der Waals surface area (Å²) in [4.78, 5) is 4.83. The first-order valence-corrected chi connectivity index (χ1v) is 10.5. The van der Waals surface area contributed by atoms with Crippen LogP contribution in [0.2, 0.25) is 0 Å². The van der Waals surface area contributed by atoms with Gasteiger partial charge in [0.05, 0.1) is 12.2 Å². The van der Waals surface area contributed by atoms with Crippen molar-refractivity contribution in [3.05, 3.63) is 0 Å². The molecule has 0 amide bonds. The zero-order valence-corrected chi connectivity index (χ0v) is 17.3. The van der Waals surface area contributed by atoms with Crippen molar-refractivity contribution in [2.24, 2.45) is 11.3 Å². The van der Waals surface area contributed by atoms with Crippen LogP contribution in [-0.4, -0.2) is 67.4 Å². The predicted molar refractivity (Wildman–Crippen MR) is 104 cm³/mol. The third-order valence-corrected chi connectivity index (χ3v) is 5.67. The van der Waals surface area contributed by atoms with E-state index in [4.69, 9.17) is 4.74 Å². The number of nitrogens with zero attached hydrogens (tertiary/aromatic N) is 2. The molecule has 4 heteroatoms. The second kappa shape index (κ2) is 9.66. The standard InChI is InChI=1S/C21H41FN2O/c1-17(2)6-11-23-12-7-18(8-13-23)25-20-9-14-24(16-19(20)22)15-10-21(3,4)5/h17-20H,6-16H2,1-5H3. The molecule has 0 aromatic rings. The minimum Gasteiger partial charge on any atom is -0.372 e. The van der Waals surface area contributed by atoms with Crippen molar-refractivity contribution < 1.29 is 9.13 Å². The quantitative estimate of drug-likeness (QED) is 0.674. The van der Waals surface area contributed by atoms with Gasteiger partial charge < -0.3 is 14.5 Å². The zero-order valence-electron chi connectivity index (χ0n) is 17.3. The summed E-state index contributed by atoms with van der Waals surface area (Å²) >= 11 is 0. The molecule has 0 spiro atoms. The largest absolute Gasteiger partial charge is 0.372 e. The summed E-state index contributed by atoms with van der Waals surface area (Å²) in [6.45, 7) is 17.3. The molecule has 3 nitrogen and oxygen atoms in total. The van der Waals surface area contributed by atoms with Gasteiger partial charge in [-0.25, -0.2) is 4.39 Å². The second-order valence-electron chi connectivity index (χ2n) is 9.81. The molecule has 0 bridgehead atoms. The van der Waals surface area contributed by atoms with E-state index in [0.717, 1.165) is 57.8 Å². The fourth-order valence-corrected chi connectivity index (χ4v) is 3.75. The fraction of sp³-hybridized carbons (Fsp3) is 1.00. The normalized spacial score (nSPS) is 28.0. The van der Waals surface area contributed by atoms with Gasteiger partial charge in [-0.05, 0) is 56.5 Å². The Kier molecular flexibility index (Phi) is 8.16. The van der Waals surface area contributed by atoms with Gasteiger partial charge in [-0.1, -0.05) is 34.6 Å². The average Bonchev–Trinajstić information content (AvgIpc) is 2.54. The topological polar surface area (TPSA) is 15.7 Å². The van der Waals surface area contributed by atoms with E-state index in [1.165, 1.54) is 13.0 Å². The van der Waals surface area contributed by atoms with Crippen LogP contribution in [0.4, 0.5) is 4.39 Å². The van der Waals surface area contributed by atoms with Crippen LogP contribution in [0.25, 0.3) is 0 Å². The van der Waals surface area contributed by atoms with Crippen LogP contribution in [0.3, 0.4) is 0 Å². The van der Waals surface area contributed by atoms with Gasteiger partial charge in [-0.3, -0.25) is 0 Å². The molecular formula is C21H41FN2O. The van der Waals surface area contributed by atoms with E-state index in [-0.39, 0.29) is 12.2 Å². The monoisotopic (exact) mass is 356 g/mol. The number of piperidine rings is 2. The zero-order chi connectivity index (χ0) is 18.4. The van der Waals surface area contributed by atoms with Gasteiger partial charge in [-0.15, -0.1) is 0 Å². The van der Waals surface area contributed by atoms with Crippen molar-refractivity contribution in [3.63, 3.8) is 0 Å². The van der Waals surface area contributed by atoms with Crippen LogP contribution < -0.4 is 0 Å². The Labute approximate surface area is 155 Å². The van der Waals surface area contributed by atoms with Crippen molar-refractivity contribution in [1.82, 2.24) is 9.80 Å². The maximum atomic E-state index is 14.6. The molecular weight excluding hydrogens is 315 g/mol. The maximum Gasteiger partial charge on any atom is 0.139 e. The molecule has 2 saturated heterocycles. The Morgan fingerprint density at radius 1 is 1.00 bits per heavy atom. The molecule has 2 aliphatic heterocycles. The van der Waals surface area contributed by atoms with E-state index in [1.54, 1.807) is 0 Å². The number of ether oxygens (including phenoxy) is 1. The summed E-state index contributed by atoms with van der Waals surface area (Å²) in [6.07, 6.45) is 4.62. The van der Waals surface area contributed by atoms with Crippen LogP contribution in [0.5, 0.6) is 0 Å². The highest BCUT2D eigenvalue weighted by Gasteiger charge is 2.33. The fourth-order valence-electron chi connectivity index (χ4n) is 3.75. The lowest BCUT2D eigenvalue weighted by atomic mass is 9.91. The van der Waals surface area contributed by atoms with Crippen LogP contribution in [0.1, 0.15) is 66.7 Å². The molecule has 2 fully saturated rings. The van der Waals surface area contributed by atoms with Gasteiger partial charge in [0.25, 0.3) is 0 Å². The smallest absolute Gasteiger partial charge is 0.139 e. The molecule has 0 saturated carbocycles. The lowest BCUT2D eigenvalue weighted by molar-refractivity contribution is -0.0991. The van der Waals surface area contributed by atoms with Crippen molar-refractivity contribution in [1.29, 1.82) is 0 Å². The van der Waals surface area contributed by atoms with Gasteiger partial charge in [0.2, 0.25) is 0 Å². The molecule has 0 N–H and O–H groups in total. The van der Waals surface area contributed by atoms with E-state index in [0.29, 0.717) is 12.0 Å². The van der Waals surface area contributed by atoms with E-state index in [9.17, 15) is 4.39 Å². The molecule has 0 aliphatic carbocycles. The summed E-state index contributed by atoms with van der Waals surface area (Å²) in [5.74, 6) is 0.768. The first kappa shape index (κ1) is 21.1. The molecule has 2 rings (SSSR count). The van der Waals surface area contributed by atoms with Crippen molar-refractivity contribution in [3.8, 4) is 0 Å². The Morgan fingerprint density at radius 2 is 1.64 bits per heavy atom. The van der Waals surface area contributed by atoms with E-state index >= 15 is 0 Å². The highest BCUT2D eigenvalue weighted by atomic mass is 19.1. The summed E-state index contributed by atoms with van der Waals surface area (Å²) in [6, 6.07) is 0. The minimum absolute atomic E-state index is 0.182. The van der Waals surface area contributed by atoms with E-state index in [1.807, 2.05) is 0 Å². The van der Waals surface area contributed by atoms with Gasteiger partial charge >= 0.3 is 0 Å². The third-order valence-electron chi connectivity index (χ3n) is 5.67. The lowest BCUT2D eigenvalue weighted by Gasteiger charge is -2.39. The van der Waals surface area contributed by atoms with Crippen LogP contribution in [0, 0.1) is 11.3 Å². The highest BCUT2D eigenvalue weighted by Crippen LogP contribution is 2.25. The number of hydrogen-bond donors (Lipinski definition) is 0. The minimum atomic E-state index is -0.826. The first-order chi connectivity index (χ1) is 11.7. The summed E-state index contributed by atoms with van der Waals surface area (Å²) in [5.41, 5.74) is 0.322. The first-order valence-electron chi connectivity index (χ1n) is 10.5. The van der Waals surface area contributed by atoms with Gasteiger partial charge in [-0.2, -0.15) is 0 Å². The van der Waals surface area contributed by atoms with Crippen LogP contribution >= 0.6 is 0 Å². The number of hydrogen-bond acceptors (Lipinski definition) is 3. The van der Waals surface area contributed by atoms with Crippen LogP contribution in [-0.2, 0) is 4.74 Å². The average molecular weight is 357 g/mol. The van der Waals surface area contributed by atoms with Gasteiger partial charge in [0.1, 0.15) is 6.17 Å². The van der Waals surface area contributed by atoms with Gasteiger partial charge in [0.15, 0.2) is 0 Å². The third kappa shape index (κ3) is 7.92. The summed E-state index contributed by atoms with van der Waals surface area (Å²) in [7, 11) is 0. The van der Waals surface area contributed by atoms with Crippen molar-refractivity contribution >= 4 is 0 Å². The Hall–Kier alpha value is -0.190. The molecule has 2 aliphatic rings. The van der Waals surface area contributed by atoms with Crippen molar-refractivity contribution in [2.45, 2.75) is 85.1 Å². The maximum absolute atomic E-state index is 14.6. The highest BCUT2D eigenvalue weighted by molar-refractivity contribution is 4.84. The van der Waals surface area contributed by atoms with Crippen LogP contribution in [0.15, 0.2) is 0 Å². The lowest BCUT2D eigenvalue weighted by Crippen LogP contribution is -2.48. The molecule has 0 aromatic heterocycles. The molecule has 148 valence electrons. The number of alkyl halides is 1. The predicted octanol–water partition coefficient (Wildman–Crippen LogP) is 4.36. The molecule has 25 heavy (non-hydrogen) atoms. The molecule has 2 heterocycles. The van der Waals surface area contributed by atoms with Crippen molar-refractivity contribution in [2.75, 3.05) is 39.3 Å². The Morgan fingerprint density at radius 3 is 2.20 bits per heavy atom. The molecule has 0 radical (unpaired) electrons. The van der Waals surface area contributed by atoms with Gasteiger partial charge in [0, 0.05) is 26.2 Å². The molecule has 2 unspecified atom stereocenters. The summed E-state index contributed by atoms with van der Waals surface area (Å²) in [5, 5.41) is 0. The van der Waals surface area contributed by atoms with E-state index in [2.05, 4.69) is 44.4 Å². The van der Waals surface area contributed by atoms with E-state index < -0.39 is 6.17 Å². The Bertz CT molecular complexity index is 375. The number of halogens is 1. The number of likely N-dealkylation sites (tertiary alicyclic amines) is 2. The molecule has 0 aromatic carbocycles. The number of rotatable bonds is 7. The Balaban J connectivity index is 1.65. The second-order valence-corrected chi connectivity index (χ2v) is 9.81. The SMILES string of the molecule is CC(C)CCN1CCC(OC2CCN(CCC(C)(C)C)CC2F)CC1.